The molecule has 1 rings (SSSR count). The van der Waals surface area contributed by atoms with Gasteiger partial charge in [-0.25, -0.2) is 0 Å². The summed E-state index contributed by atoms with van der Waals surface area (Å²) in [6.45, 7) is 11.5. The number of nitrogens with zero attached hydrogens (tertiary/aromatic N) is 1. The van der Waals surface area contributed by atoms with Crippen molar-refractivity contribution in [3.05, 3.63) is 9.88 Å². The molecule has 0 N–H and O–H groups in total. The van der Waals surface area contributed by atoms with Gasteiger partial charge in [-0.15, -0.1) is 0 Å². The summed E-state index contributed by atoms with van der Waals surface area (Å²) in [4.78, 5) is 6.43. The fourth-order valence-corrected chi connectivity index (χ4v) is 9.90. The average Bonchev–Trinajstić information content (AvgIpc) is 2.78. The molecule has 0 aliphatic carbocycles. The molecule has 1 aromatic rings. The normalized spacial score (nSPS) is 12.0. The predicted octanol–water partition coefficient (Wildman–Crippen LogP) is 5.82. The number of aryl methyl sites for hydroxylation is 2. The number of unbranched alkanes of at least 4 members (excludes halogenated alkanes) is 3. The van der Waals surface area contributed by atoms with Gasteiger partial charge in [-0.3, -0.25) is 0 Å². The van der Waals surface area contributed by atoms with Crippen molar-refractivity contribution in [2.75, 3.05) is 0 Å². The Morgan fingerprint density at radius 1 is 0.905 bits per heavy atom. The van der Waals surface area contributed by atoms with E-state index in [4.69, 9.17) is 4.98 Å². The van der Waals surface area contributed by atoms with E-state index in [9.17, 15) is 0 Å². The Morgan fingerprint density at radius 3 is 1.71 bits per heavy atom. The Labute approximate surface area is 146 Å². The van der Waals surface area contributed by atoms with E-state index in [1.54, 1.807) is 3.71 Å². The standard InChI is InChI=1S/C13H27.C5H6NS.Sn/c1-4-7-10-13(11-8-5-2)12-9-6-3;1-4-3-6-5(2)7-4;/h4-12H2,1-3H3;1-2H3;. The van der Waals surface area contributed by atoms with E-state index < -0.39 is 21.1 Å². The van der Waals surface area contributed by atoms with Crippen molar-refractivity contribution in [1.29, 1.82) is 0 Å². The van der Waals surface area contributed by atoms with Crippen LogP contribution in [0, 0.1) is 13.8 Å². The molecule has 21 heavy (non-hydrogen) atoms. The summed E-state index contributed by atoms with van der Waals surface area (Å²) >= 11 is 1.31. The third kappa shape index (κ3) is 6.60. The topological polar surface area (TPSA) is 12.9 Å². The van der Waals surface area contributed by atoms with E-state index in [0.29, 0.717) is 3.43 Å². The third-order valence-corrected chi connectivity index (χ3v) is 11.4. The van der Waals surface area contributed by atoms with Gasteiger partial charge in [0.2, 0.25) is 0 Å². The summed E-state index contributed by atoms with van der Waals surface area (Å²) in [7, 11) is 0. The molecule has 0 bridgehead atoms. The minimum absolute atomic E-state index is 0.607. The zero-order valence-electron chi connectivity index (χ0n) is 14.7. The van der Waals surface area contributed by atoms with Gasteiger partial charge in [0, 0.05) is 0 Å². The Balaban J connectivity index is 2.91. The van der Waals surface area contributed by atoms with E-state index >= 15 is 0 Å². The molecule has 0 unspecified atom stereocenters. The zero-order valence-corrected chi connectivity index (χ0v) is 18.4. The van der Waals surface area contributed by atoms with Gasteiger partial charge in [0.1, 0.15) is 0 Å². The second kappa shape index (κ2) is 10.2. The van der Waals surface area contributed by atoms with Gasteiger partial charge in [0.15, 0.2) is 0 Å². The van der Waals surface area contributed by atoms with Gasteiger partial charge in [0.25, 0.3) is 0 Å². The van der Waals surface area contributed by atoms with E-state index in [-0.39, 0.29) is 0 Å². The molecule has 120 valence electrons. The number of thiazole rings is 1. The number of rotatable bonds is 11. The van der Waals surface area contributed by atoms with Crippen LogP contribution in [0.25, 0.3) is 0 Å². The van der Waals surface area contributed by atoms with Crippen LogP contribution in [0.1, 0.15) is 88.4 Å². The van der Waals surface area contributed by atoms with Crippen molar-refractivity contribution in [2.45, 2.75) is 95.8 Å². The molecule has 0 aliphatic heterocycles. The van der Waals surface area contributed by atoms with E-state index in [0.717, 1.165) is 0 Å². The molecule has 0 amide bonds. The first-order chi connectivity index (χ1) is 10.1. The van der Waals surface area contributed by atoms with Crippen molar-refractivity contribution in [1.82, 2.24) is 4.98 Å². The monoisotopic (exact) mass is 415 g/mol. The van der Waals surface area contributed by atoms with Gasteiger partial charge in [-0.1, -0.05) is 0 Å². The maximum absolute atomic E-state index is 4.91. The zero-order chi connectivity index (χ0) is 15.7. The van der Waals surface area contributed by atoms with Crippen LogP contribution in [-0.2, 0) is 0 Å². The van der Waals surface area contributed by atoms with Crippen molar-refractivity contribution in [2.24, 2.45) is 0 Å². The van der Waals surface area contributed by atoms with Crippen molar-refractivity contribution < 1.29 is 0 Å². The first kappa shape index (κ1) is 19.5. The van der Waals surface area contributed by atoms with Gasteiger partial charge >= 0.3 is 147 Å². The Morgan fingerprint density at radius 2 is 1.38 bits per heavy atom. The van der Waals surface area contributed by atoms with Crippen LogP contribution < -0.4 is 3.71 Å². The average molecular weight is 414 g/mol. The molecule has 0 spiro atoms. The Hall–Kier alpha value is 0.429. The minimum atomic E-state index is -0.607. The predicted molar refractivity (Wildman–Crippen MR) is 98.2 cm³/mol. The number of aromatic nitrogens is 1. The molecular formula is C18H33NSSn. The van der Waals surface area contributed by atoms with Crippen LogP contribution in [0.5, 0.6) is 0 Å². The molecule has 1 aromatic heterocycles. The molecule has 0 aromatic carbocycles. The van der Waals surface area contributed by atoms with Crippen LogP contribution in [0.2, 0.25) is 3.43 Å². The maximum atomic E-state index is 4.91. The number of hydrogen-bond donors (Lipinski definition) is 0. The summed E-state index contributed by atoms with van der Waals surface area (Å²) in [5.74, 6) is 0. The van der Waals surface area contributed by atoms with Crippen LogP contribution in [0.3, 0.4) is 0 Å². The molecule has 0 saturated carbocycles. The second-order valence-corrected chi connectivity index (χ2v) is 12.9. The summed E-state index contributed by atoms with van der Waals surface area (Å²) in [6, 6.07) is 0. The molecule has 0 saturated heterocycles. The van der Waals surface area contributed by atoms with Crippen molar-refractivity contribution in [3.8, 4) is 0 Å². The first-order valence-corrected chi connectivity index (χ1v) is 12.5. The quantitative estimate of drug-likeness (QED) is 0.416. The van der Waals surface area contributed by atoms with Crippen molar-refractivity contribution in [3.63, 3.8) is 0 Å². The van der Waals surface area contributed by atoms with Gasteiger partial charge in [-0.05, 0) is 0 Å². The molecule has 2 radical (unpaired) electrons. The third-order valence-electron chi connectivity index (χ3n) is 4.31. The second-order valence-electron chi connectivity index (χ2n) is 6.35. The molecule has 0 fully saturated rings. The van der Waals surface area contributed by atoms with Gasteiger partial charge < -0.3 is 0 Å². The SMILES string of the molecule is CCCC[C](CCCC)(CCCC)[Sn][c]1nc(C)sc1C. The summed E-state index contributed by atoms with van der Waals surface area (Å²) in [5.41, 5.74) is 0. The fraction of sp³-hybridized carbons (Fsp3) is 0.833. The molecule has 0 aliphatic rings. The fourth-order valence-electron chi connectivity index (χ4n) is 3.00. The first-order valence-electron chi connectivity index (χ1n) is 8.79. The molecule has 1 heterocycles. The van der Waals surface area contributed by atoms with Crippen LogP contribution in [0.15, 0.2) is 0 Å². The van der Waals surface area contributed by atoms with E-state index in [2.05, 4.69) is 34.6 Å². The summed E-state index contributed by atoms with van der Waals surface area (Å²) < 4.78 is 2.24. The molecule has 0 atom stereocenters. The molecular weight excluding hydrogens is 381 g/mol. The van der Waals surface area contributed by atoms with E-state index in [1.807, 2.05) is 11.3 Å². The Bertz CT molecular complexity index is 378. The van der Waals surface area contributed by atoms with E-state index in [1.165, 1.54) is 67.7 Å². The van der Waals surface area contributed by atoms with Crippen molar-refractivity contribution >= 4 is 36.2 Å². The van der Waals surface area contributed by atoms with Gasteiger partial charge in [-0.2, -0.15) is 0 Å². The summed E-state index contributed by atoms with van der Waals surface area (Å²) in [5, 5.41) is 1.28. The van der Waals surface area contributed by atoms with Crippen LogP contribution >= 0.6 is 11.3 Å². The molecule has 3 heteroatoms. The van der Waals surface area contributed by atoms with Gasteiger partial charge in [0.05, 0.1) is 0 Å². The van der Waals surface area contributed by atoms with Crippen LogP contribution in [-0.4, -0.2) is 26.1 Å². The molecule has 1 nitrogen and oxygen atoms in total. The number of hydrogen-bond acceptors (Lipinski definition) is 2. The van der Waals surface area contributed by atoms with Crippen LogP contribution in [0.4, 0.5) is 0 Å². The Kier molecular flexibility index (Phi) is 9.51. The summed E-state index contributed by atoms with van der Waals surface area (Å²) in [6.07, 6.45) is 12.7.